The maximum absolute atomic E-state index is 10.8. The summed E-state index contributed by atoms with van der Waals surface area (Å²) in [7, 11) is 1.61. The number of carbonyl (C=O) groups excluding carboxylic acids is 1. The molecule has 0 aromatic heterocycles. The number of rotatable bonds is 3. The van der Waals surface area contributed by atoms with E-state index >= 15 is 0 Å². The third kappa shape index (κ3) is 2.99. The largest absolute Gasteiger partial charge is 0.359 e. The lowest BCUT2D eigenvalue weighted by atomic mass is 9.97. The van der Waals surface area contributed by atoms with Crippen LogP contribution in [0.2, 0.25) is 0 Å². The van der Waals surface area contributed by atoms with E-state index in [1.165, 1.54) is 0 Å². The molecule has 1 rings (SSSR count). The number of carbonyl (C=O) groups is 1. The Kier molecular flexibility index (Phi) is 3.52. The molecular formula is C8H14O3. The van der Waals surface area contributed by atoms with Crippen LogP contribution in [0.5, 0.6) is 0 Å². The Balaban J connectivity index is 2.12. The normalized spacial score (nSPS) is 20.6. The summed E-state index contributed by atoms with van der Waals surface area (Å²) < 4.78 is 10.1. The molecular weight excluding hydrogens is 144 g/mol. The molecule has 0 bridgehead atoms. The summed E-state index contributed by atoms with van der Waals surface area (Å²) in [6.07, 6.45) is 3.32. The Morgan fingerprint density at radius 2 is 2.09 bits per heavy atom. The molecule has 11 heavy (non-hydrogen) atoms. The quantitative estimate of drug-likeness (QED) is 0.577. The van der Waals surface area contributed by atoms with Gasteiger partial charge in [0, 0.05) is 20.0 Å². The predicted molar refractivity (Wildman–Crippen MR) is 40.2 cm³/mol. The molecule has 1 aliphatic carbocycles. The minimum atomic E-state index is 0.243. The average Bonchev–Trinajstić information content (AvgIpc) is 2.04. The summed E-state index contributed by atoms with van der Waals surface area (Å²) >= 11 is 0. The molecule has 0 radical (unpaired) electrons. The first-order chi connectivity index (χ1) is 5.33. The van der Waals surface area contributed by atoms with Gasteiger partial charge >= 0.3 is 0 Å². The number of ether oxygens (including phenoxy) is 2. The minimum absolute atomic E-state index is 0.243. The second-order valence-electron chi connectivity index (χ2n) is 2.81. The van der Waals surface area contributed by atoms with E-state index in [4.69, 9.17) is 9.47 Å². The minimum Gasteiger partial charge on any atom is -0.359 e. The van der Waals surface area contributed by atoms with Crippen molar-refractivity contribution in [3.63, 3.8) is 0 Å². The van der Waals surface area contributed by atoms with Crippen molar-refractivity contribution in [2.24, 2.45) is 0 Å². The van der Waals surface area contributed by atoms with Crippen molar-refractivity contribution in [3.8, 4) is 0 Å². The van der Waals surface area contributed by atoms with E-state index < -0.39 is 0 Å². The van der Waals surface area contributed by atoms with Gasteiger partial charge in [-0.25, -0.2) is 0 Å². The Morgan fingerprint density at radius 3 is 2.64 bits per heavy atom. The fourth-order valence-electron chi connectivity index (χ4n) is 1.24. The zero-order valence-electron chi connectivity index (χ0n) is 6.84. The third-order valence-corrected chi connectivity index (χ3v) is 1.91. The summed E-state index contributed by atoms with van der Waals surface area (Å²) in [5.74, 6) is 0.363. The highest BCUT2D eigenvalue weighted by Crippen LogP contribution is 2.17. The molecule has 1 fully saturated rings. The van der Waals surface area contributed by atoms with Crippen molar-refractivity contribution in [1.29, 1.82) is 0 Å². The van der Waals surface area contributed by atoms with Crippen LogP contribution in [-0.2, 0) is 14.3 Å². The average molecular weight is 158 g/mol. The summed E-state index contributed by atoms with van der Waals surface area (Å²) in [6, 6.07) is 0. The van der Waals surface area contributed by atoms with Crippen LogP contribution in [0.3, 0.4) is 0 Å². The fraction of sp³-hybridized carbons (Fsp3) is 0.875. The molecule has 0 spiro atoms. The van der Waals surface area contributed by atoms with Gasteiger partial charge in [0.2, 0.25) is 0 Å². The third-order valence-electron chi connectivity index (χ3n) is 1.91. The highest BCUT2D eigenvalue weighted by Gasteiger charge is 2.18. The van der Waals surface area contributed by atoms with Gasteiger partial charge in [0.05, 0.1) is 6.10 Å². The smallest absolute Gasteiger partial charge is 0.146 e. The maximum Gasteiger partial charge on any atom is 0.146 e. The van der Waals surface area contributed by atoms with E-state index in [9.17, 15) is 4.79 Å². The second kappa shape index (κ2) is 4.46. The summed E-state index contributed by atoms with van der Waals surface area (Å²) in [5, 5.41) is 0. The molecule has 1 aliphatic rings. The first kappa shape index (κ1) is 8.68. The highest BCUT2D eigenvalue weighted by molar-refractivity contribution is 5.79. The molecule has 0 N–H and O–H groups in total. The van der Waals surface area contributed by atoms with Gasteiger partial charge in [-0.1, -0.05) is 0 Å². The van der Waals surface area contributed by atoms with Gasteiger partial charge in [-0.2, -0.15) is 0 Å². The van der Waals surface area contributed by atoms with Crippen LogP contribution in [0.25, 0.3) is 0 Å². The summed E-state index contributed by atoms with van der Waals surface area (Å²) in [4.78, 5) is 10.8. The van der Waals surface area contributed by atoms with Crippen molar-refractivity contribution in [2.45, 2.75) is 31.8 Å². The van der Waals surface area contributed by atoms with Crippen molar-refractivity contribution in [2.75, 3.05) is 13.9 Å². The SMILES string of the molecule is COCOC1CCC(=O)CC1. The highest BCUT2D eigenvalue weighted by atomic mass is 16.7. The molecule has 0 aromatic rings. The van der Waals surface area contributed by atoms with Gasteiger partial charge in [0.25, 0.3) is 0 Å². The Morgan fingerprint density at radius 1 is 1.45 bits per heavy atom. The molecule has 0 aliphatic heterocycles. The lowest BCUT2D eigenvalue weighted by molar-refractivity contribution is -0.127. The van der Waals surface area contributed by atoms with Gasteiger partial charge in [-0.15, -0.1) is 0 Å². The van der Waals surface area contributed by atoms with Crippen molar-refractivity contribution >= 4 is 5.78 Å². The van der Waals surface area contributed by atoms with Gasteiger partial charge in [-0.05, 0) is 12.8 Å². The molecule has 0 heterocycles. The van der Waals surface area contributed by atoms with Crippen LogP contribution < -0.4 is 0 Å². The first-order valence-electron chi connectivity index (χ1n) is 3.95. The Hall–Kier alpha value is -0.410. The van der Waals surface area contributed by atoms with Crippen LogP contribution in [0, 0.1) is 0 Å². The van der Waals surface area contributed by atoms with Crippen LogP contribution in [0.15, 0.2) is 0 Å². The Bertz CT molecular complexity index is 123. The Labute approximate surface area is 66.7 Å². The number of hydrogen-bond donors (Lipinski definition) is 0. The van der Waals surface area contributed by atoms with E-state index in [2.05, 4.69) is 0 Å². The van der Waals surface area contributed by atoms with Crippen LogP contribution in [0.4, 0.5) is 0 Å². The lowest BCUT2D eigenvalue weighted by Crippen LogP contribution is -2.22. The molecule has 3 heteroatoms. The topological polar surface area (TPSA) is 35.5 Å². The van der Waals surface area contributed by atoms with Gasteiger partial charge in [0.1, 0.15) is 12.6 Å². The molecule has 3 nitrogen and oxygen atoms in total. The molecule has 64 valence electrons. The number of hydrogen-bond acceptors (Lipinski definition) is 3. The molecule has 0 unspecified atom stereocenters. The number of ketones is 1. The van der Waals surface area contributed by atoms with E-state index in [-0.39, 0.29) is 6.10 Å². The number of methoxy groups -OCH3 is 1. The monoisotopic (exact) mass is 158 g/mol. The fourth-order valence-corrected chi connectivity index (χ4v) is 1.24. The van der Waals surface area contributed by atoms with Crippen LogP contribution in [0.1, 0.15) is 25.7 Å². The van der Waals surface area contributed by atoms with Gasteiger partial charge in [-0.3, -0.25) is 4.79 Å². The molecule has 1 saturated carbocycles. The zero-order valence-corrected chi connectivity index (χ0v) is 6.84. The van der Waals surface area contributed by atoms with E-state index in [0.717, 1.165) is 12.8 Å². The standard InChI is InChI=1S/C8H14O3/c1-10-6-11-8-4-2-7(9)3-5-8/h8H,2-6H2,1H3. The number of Topliss-reactive ketones (excluding diaryl/α,β-unsaturated/α-hetero) is 1. The summed E-state index contributed by atoms with van der Waals surface area (Å²) in [5.41, 5.74) is 0. The lowest BCUT2D eigenvalue weighted by Gasteiger charge is -2.20. The molecule has 0 saturated heterocycles. The van der Waals surface area contributed by atoms with Crippen molar-refractivity contribution in [1.82, 2.24) is 0 Å². The zero-order chi connectivity index (χ0) is 8.10. The summed E-state index contributed by atoms with van der Waals surface area (Å²) in [6.45, 7) is 0.346. The van der Waals surface area contributed by atoms with Crippen LogP contribution in [-0.4, -0.2) is 25.8 Å². The first-order valence-corrected chi connectivity index (χ1v) is 3.95. The molecule has 0 aromatic carbocycles. The van der Waals surface area contributed by atoms with Gasteiger partial charge < -0.3 is 9.47 Å². The second-order valence-corrected chi connectivity index (χ2v) is 2.81. The molecule has 0 atom stereocenters. The van der Waals surface area contributed by atoms with E-state index in [1.807, 2.05) is 0 Å². The van der Waals surface area contributed by atoms with Crippen molar-refractivity contribution < 1.29 is 14.3 Å². The van der Waals surface area contributed by atoms with Crippen molar-refractivity contribution in [3.05, 3.63) is 0 Å². The molecule has 0 amide bonds. The van der Waals surface area contributed by atoms with Gasteiger partial charge in [0.15, 0.2) is 0 Å². The van der Waals surface area contributed by atoms with Crippen LogP contribution >= 0.6 is 0 Å². The maximum atomic E-state index is 10.8. The predicted octanol–water partition coefficient (Wildman–Crippen LogP) is 1.12. The van der Waals surface area contributed by atoms with E-state index in [0.29, 0.717) is 25.4 Å². The van der Waals surface area contributed by atoms with E-state index in [1.54, 1.807) is 7.11 Å².